The van der Waals surface area contributed by atoms with Gasteiger partial charge in [-0.15, -0.1) is 12.3 Å². The minimum atomic E-state index is -0.641. The largest absolute Gasteiger partial charge is 0.873 e. The summed E-state index contributed by atoms with van der Waals surface area (Å²) in [5, 5.41) is 21.0. The summed E-state index contributed by atoms with van der Waals surface area (Å²) in [6, 6.07) is 0. The van der Waals surface area contributed by atoms with Crippen molar-refractivity contribution in [1.82, 2.24) is 0 Å². The van der Waals surface area contributed by atoms with Crippen LogP contribution < -0.4 is 10.2 Å². The van der Waals surface area contributed by atoms with Crippen LogP contribution in [0.3, 0.4) is 0 Å². The van der Waals surface area contributed by atoms with Crippen molar-refractivity contribution >= 4 is 11.8 Å². The van der Waals surface area contributed by atoms with Gasteiger partial charge in [0.1, 0.15) is 17.8 Å². The fraction of sp³-hybridized carbons (Fsp3) is 0.625. The van der Waals surface area contributed by atoms with E-state index in [0.717, 1.165) is 6.08 Å². The van der Waals surface area contributed by atoms with E-state index in [9.17, 15) is 19.8 Å². The van der Waals surface area contributed by atoms with E-state index in [2.05, 4.69) is 6.58 Å². The van der Waals surface area contributed by atoms with Crippen molar-refractivity contribution < 1.29 is 29.3 Å². The number of allylic oxidation sites excluding steroid dienone is 1. The lowest BCUT2D eigenvalue weighted by molar-refractivity contribution is -0.371. The average Bonchev–Trinajstić information content (AvgIpc) is 2.07. The second-order valence-corrected chi connectivity index (χ2v) is 6.61. The molecule has 0 aliphatic carbocycles. The first-order chi connectivity index (χ1) is 9.62. The molecule has 128 valence electrons. The fourth-order valence-corrected chi connectivity index (χ4v) is 1.04. The highest BCUT2D eigenvalue weighted by molar-refractivity contribution is 5.94. The number of hydrogen-bond acceptors (Lipinski definition) is 6. The Morgan fingerprint density at radius 3 is 1.68 bits per heavy atom. The summed E-state index contributed by atoms with van der Waals surface area (Å²) >= 11 is 0. The Kier molecular flexibility index (Phi) is 9.25. The van der Waals surface area contributed by atoms with E-state index < -0.39 is 28.9 Å². The van der Waals surface area contributed by atoms with Gasteiger partial charge < -0.3 is 19.7 Å². The van der Waals surface area contributed by atoms with Crippen molar-refractivity contribution in [2.45, 2.75) is 66.1 Å². The number of carbonyl (C=O) groups excluding carboxylic acids is 2. The summed E-state index contributed by atoms with van der Waals surface area (Å²) < 4.78 is 9.68. The third kappa shape index (κ3) is 20.3. The maximum Gasteiger partial charge on any atom is 0.313 e. The molecule has 0 aliphatic heterocycles. The third-order valence-electron chi connectivity index (χ3n) is 1.50. The van der Waals surface area contributed by atoms with Crippen LogP contribution in [0.4, 0.5) is 0 Å². The molecule has 0 heterocycles. The summed E-state index contributed by atoms with van der Waals surface area (Å²) in [6.45, 7) is 14.9. The maximum atomic E-state index is 10.8. The van der Waals surface area contributed by atoms with Crippen LogP contribution in [0.5, 0.6) is 0 Å². The van der Waals surface area contributed by atoms with Crippen LogP contribution in [0.15, 0.2) is 24.4 Å². The topological polar surface area (TPSA) is 98.7 Å². The first-order valence-corrected chi connectivity index (χ1v) is 6.77. The molecule has 22 heavy (non-hydrogen) atoms. The molecule has 0 fully saturated rings. The number of hydrogen-bond donors (Lipinski definition) is 0. The zero-order chi connectivity index (χ0) is 18.1. The molecular weight excluding hydrogens is 288 g/mol. The van der Waals surface area contributed by atoms with Gasteiger partial charge in [0.05, 0.1) is 5.95 Å². The van der Waals surface area contributed by atoms with Crippen LogP contribution >= 0.6 is 0 Å². The predicted octanol–water partition coefficient (Wildman–Crippen LogP) is 1.18. The molecule has 0 radical (unpaired) electrons. The van der Waals surface area contributed by atoms with Crippen LogP contribution in [0, 0.1) is 0 Å². The second kappa shape index (κ2) is 9.12. The summed E-state index contributed by atoms with van der Waals surface area (Å²) in [5.41, 5.74) is -1.05. The molecule has 0 amide bonds. The standard InChI is InChI=1S/2C8H14O3/c2*1-6(9)5-7(10)11-8(2,3)4/h5H2,1-4H3;5,9-10H,1H2,2-4H3/p-2. The number of rotatable bonds is 4. The van der Waals surface area contributed by atoms with Gasteiger partial charge in [0.25, 0.3) is 0 Å². The molecule has 0 saturated carbocycles. The molecule has 0 atom stereocenters. The van der Waals surface area contributed by atoms with Gasteiger partial charge >= 0.3 is 5.97 Å². The molecule has 0 aliphatic rings. The van der Waals surface area contributed by atoms with Crippen molar-refractivity contribution in [3.8, 4) is 0 Å². The van der Waals surface area contributed by atoms with Crippen molar-refractivity contribution in [3.05, 3.63) is 24.4 Å². The quantitative estimate of drug-likeness (QED) is 0.334. The molecule has 0 aromatic heterocycles. The van der Waals surface area contributed by atoms with E-state index >= 15 is 0 Å². The Labute approximate surface area is 132 Å². The highest BCUT2D eigenvalue weighted by atomic mass is 16.6. The summed E-state index contributed by atoms with van der Waals surface area (Å²) in [6.07, 6.45) is 0.697. The van der Waals surface area contributed by atoms with Gasteiger partial charge in [-0.05, 0) is 33.8 Å². The Bertz CT molecular complexity index is 421. The molecule has 0 unspecified atom stereocenters. The Morgan fingerprint density at radius 1 is 1.00 bits per heavy atom. The number of carbonyl (C=O) groups is 2. The Morgan fingerprint density at radius 2 is 1.41 bits per heavy atom. The van der Waals surface area contributed by atoms with E-state index in [4.69, 9.17) is 9.47 Å². The lowest BCUT2D eigenvalue weighted by atomic mass is 10.2. The molecule has 0 saturated heterocycles. The zero-order valence-corrected chi connectivity index (χ0v) is 14.4. The van der Waals surface area contributed by atoms with Gasteiger partial charge in [0.2, 0.25) is 0 Å². The van der Waals surface area contributed by atoms with Crippen molar-refractivity contribution in [3.63, 3.8) is 0 Å². The van der Waals surface area contributed by atoms with Gasteiger partial charge in [-0.2, -0.15) is 0 Å². The van der Waals surface area contributed by atoms with Gasteiger partial charge in [-0.25, -0.2) is 0 Å². The third-order valence-corrected chi connectivity index (χ3v) is 1.50. The number of ether oxygens (including phenoxy) is 2. The minimum absolute atomic E-state index is 0.128. The van der Waals surface area contributed by atoms with Crippen molar-refractivity contribution in [1.29, 1.82) is 0 Å². The van der Waals surface area contributed by atoms with Crippen LogP contribution in [-0.4, -0.2) is 23.0 Å². The maximum absolute atomic E-state index is 10.8. The van der Waals surface area contributed by atoms with E-state index in [0.29, 0.717) is 0 Å². The smallest absolute Gasteiger partial charge is 0.313 e. The van der Waals surface area contributed by atoms with Crippen LogP contribution in [0.25, 0.3) is 0 Å². The summed E-state index contributed by atoms with van der Waals surface area (Å²) in [7, 11) is 0. The molecule has 0 aromatic carbocycles. The van der Waals surface area contributed by atoms with E-state index in [-0.39, 0.29) is 12.2 Å². The zero-order valence-electron chi connectivity index (χ0n) is 14.4. The second-order valence-electron chi connectivity index (χ2n) is 6.61. The number of ketones is 1. The Hall–Kier alpha value is -1.98. The summed E-state index contributed by atoms with van der Waals surface area (Å²) in [4.78, 5) is 21.3. The lowest BCUT2D eigenvalue weighted by Crippen LogP contribution is -2.24. The fourth-order valence-electron chi connectivity index (χ4n) is 1.04. The van der Waals surface area contributed by atoms with E-state index in [1.165, 1.54) is 6.92 Å². The molecule has 0 spiro atoms. The molecule has 0 bridgehead atoms. The van der Waals surface area contributed by atoms with Gasteiger partial charge in [-0.3, -0.25) is 9.59 Å². The van der Waals surface area contributed by atoms with Gasteiger partial charge in [0, 0.05) is 5.60 Å². The van der Waals surface area contributed by atoms with Crippen LogP contribution in [0.2, 0.25) is 0 Å². The molecule has 6 nitrogen and oxygen atoms in total. The molecule has 0 rings (SSSR count). The molecule has 0 N–H and O–H groups in total. The first kappa shape index (κ1) is 22.3. The number of esters is 1. The van der Waals surface area contributed by atoms with Crippen molar-refractivity contribution in [2.24, 2.45) is 0 Å². The van der Waals surface area contributed by atoms with Gasteiger partial charge in [-0.1, -0.05) is 20.8 Å². The highest BCUT2D eigenvalue weighted by Crippen LogP contribution is 2.10. The monoisotopic (exact) mass is 314 g/mol. The normalized spacial score (nSPS) is 11.9. The predicted molar refractivity (Wildman–Crippen MR) is 79.2 cm³/mol. The lowest BCUT2D eigenvalue weighted by Gasteiger charge is -2.31. The Balaban J connectivity index is 0. The van der Waals surface area contributed by atoms with Crippen LogP contribution in [-0.2, 0) is 19.1 Å². The number of Topliss-reactive ketones (excluding diaryl/α,β-unsaturated/α-hetero) is 1. The van der Waals surface area contributed by atoms with E-state index in [1.54, 1.807) is 41.5 Å². The van der Waals surface area contributed by atoms with Crippen LogP contribution in [0.1, 0.15) is 54.9 Å². The minimum Gasteiger partial charge on any atom is -0.873 e. The molecular formula is C16H26O6-2. The average molecular weight is 314 g/mol. The van der Waals surface area contributed by atoms with Gasteiger partial charge in [0.15, 0.2) is 0 Å². The summed E-state index contributed by atoms with van der Waals surface area (Å²) in [5.74, 6) is -1.80. The SMILES string of the molecule is C=C([O-])C=C([O-])OC(C)(C)C.CC(=O)CC(=O)OC(C)(C)C. The van der Waals surface area contributed by atoms with E-state index in [1.807, 2.05) is 0 Å². The van der Waals surface area contributed by atoms with Crippen molar-refractivity contribution in [2.75, 3.05) is 0 Å². The molecule has 6 heteroatoms. The molecule has 0 aromatic rings. The first-order valence-electron chi connectivity index (χ1n) is 6.77. The highest BCUT2D eigenvalue weighted by Gasteiger charge is 2.16.